The number of rotatable bonds is 8. The van der Waals surface area contributed by atoms with E-state index in [0.717, 1.165) is 16.2 Å². The number of nitrogens with one attached hydrogen (secondary N) is 1. The molecule has 0 spiro atoms. The van der Waals surface area contributed by atoms with E-state index in [1.165, 1.54) is 11.4 Å². The maximum Gasteiger partial charge on any atom is 0.264 e. The minimum Gasteiger partial charge on any atom is -0.351 e. The fourth-order valence-electron chi connectivity index (χ4n) is 2.80. The van der Waals surface area contributed by atoms with Crippen LogP contribution in [-0.2, 0) is 10.0 Å². The number of halogens is 1. The number of amides is 1. The van der Waals surface area contributed by atoms with Crippen LogP contribution >= 0.6 is 23.4 Å². The number of sulfonamides is 1. The van der Waals surface area contributed by atoms with Crippen molar-refractivity contribution in [2.75, 3.05) is 23.7 Å². The first-order chi connectivity index (χ1) is 14.8. The Bertz CT molecular complexity index is 1130. The van der Waals surface area contributed by atoms with Crippen LogP contribution in [0.5, 0.6) is 0 Å². The van der Waals surface area contributed by atoms with Crippen LogP contribution in [0, 0.1) is 6.92 Å². The first-order valence-corrected chi connectivity index (χ1v) is 12.4. The Morgan fingerprint density at radius 2 is 1.58 bits per heavy atom. The molecule has 0 saturated heterocycles. The van der Waals surface area contributed by atoms with Crippen molar-refractivity contribution in [3.05, 3.63) is 88.9 Å². The van der Waals surface area contributed by atoms with Gasteiger partial charge in [0.25, 0.3) is 15.9 Å². The molecule has 1 amide bonds. The van der Waals surface area contributed by atoms with Crippen molar-refractivity contribution >= 4 is 45.0 Å². The van der Waals surface area contributed by atoms with E-state index in [2.05, 4.69) is 5.32 Å². The van der Waals surface area contributed by atoms with Gasteiger partial charge in [-0.25, -0.2) is 8.42 Å². The zero-order valence-corrected chi connectivity index (χ0v) is 19.6. The van der Waals surface area contributed by atoms with E-state index in [9.17, 15) is 13.2 Å². The van der Waals surface area contributed by atoms with Crippen LogP contribution in [0.15, 0.2) is 82.6 Å². The third kappa shape index (κ3) is 6.03. The second-order valence-corrected chi connectivity index (χ2v) is 10.5. The van der Waals surface area contributed by atoms with Crippen molar-refractivity contribution in [3.63, 3.8) is 0 Å². The summed E-state index contributed by atoms with van der Waals surface area (Å²) < 4.78 is 26.8. The van der Waals surface area contributed by atoms with Gasteiger partial charge in [0.1, 0.15) is 0 Å². The van der Waals surface area contributed by atoms with Crippen LogP contribution < -0.4 is 9.62 Å². The van der Waals surface area contributed by atoms with Crippen molar-refractivity contribution < 1.29 is 13.2 Å². The normalized spacial score (nSPS) is 11.2. The lowest BCUT2D eigenvalue weighted by Gasteiger charge is -2.20. The fourth-order valence-corrected chi connectivity index (χ4v) is 4.89. The van der Waals surface area contributed by atoms with Crippen molar-refractivity contribution in [1.29, 1.82) is 0 Å². The summed E-state index contributed by atoms with van der Waals surface area (Å²) in [5.41, 5.74) is 1.94. The Balaban J connectivity index is 1.56. The lowest BCUT2D eigenvalue weighted by molar-refractivity contribution is 0.0956. The van der Waals surface area contributed by atoms with E-state index in [4.69, 9.17) is 11.6 Å². The third-order valence-corrected chi connectivity index (χ3v) is 7.71. The van der Waals surface area contributed by atoms with Gasteiger partial charge >= 0.3 is 0 Å². The summed E-state index contributed by atoms with van der Waals surface area (Å²) in [5, 5.41) is 3.57. The molecule has 0 radical (unpaired) electrons. The molecule has 1 N–H and O–H groups in total. The van der Waals surface area contributed by atoms with Crippen molar-refractivity contribution in [1.82, 2.24) is 5.32 Å². The number of hydrogen-bond donors (Lipinski definition) is 1. The predicted octanol–water partition coefficient (Wildman–Crippen LogP) is 5.00. The van der Waals surface area contributed by atoms with Gasteiger partial charge in [0.05, 0.1) is 10.6 Å². The summed E-state index contributed by atoms with van der Waals surface area (Å²) in [5.74, 6) is 0.524. The molecule has 0 saturated carbocycles. The third-order valence-electron chi connectivity index (χ3n) is 4.64. The molecule has 8 heteroatoms. The second kappa shape index (κ2) is 10.2. The summed E-state index contributed by atoms with van der Waals surface area (Å²) in [6.07, 6.45) is 0. The Morgan fingerprint density at radius 1 is 0.968 bits per heavy atom. The molecule has 0 heterocycles. The van der Waals surface area contributed by atoms with Crippen LogP contribution in [0.4, 0.5) is 5.69 Å². The Labute approximate surface area is 192 Å². The summed E-state index contributed by atoms with van der Waals surface area (Å²) in [4.78, 5) is 13.7. The van der Waals surface area contributed by atoms with Gasteiger partial charge in [-0.15, -0.1) is 11.8 Å². The molecular weight excluding hydrogens is 452 g/mol. The van der Waals surface area contributed by atoms with Crippen LogP contribution in [0.25, 0.3) is 0 Å². The van der Waals surface area contributed by atoms with Gasteiger partial charge in [-0.2, -0.15) is 0 Å². The number of carbonyl (C=O) groups is 1. The summed E-state index contributed by atoms with van der Waals surface area (Å²) in [6.45, 7) is 2.41. The Morgan fingerprint density at radius 3 is 2.19 bits per heavy atom. The summed E-state index contributed by atoms with van der Waals surface area (Å²) in [7, 11) is -2.17. The molecule has 0 bridgehead atoms. The number of nitrogens with zero attached hydrogens (tertiary/aromatic N) is 1. The van der Waals surface area contributed by atoms with E-state index in [1.807, 2.05) is 31.2 Å². The molecule has 0 atom stereocenters. The van der Waals surface area contributed by atoms with E-state index < -0.39 is 10.0 Å². The molecule has 31 heavy (non-hydrogen) atoms. The van der Waals surface area contributed by atoms with Gasteiger partial charge in [0, 0.05) is 34.8 Å². The minimum absolute atomic E-state index is 0.202. The van der Waals surface area contributed by atoms with E-state index in [1.54, 1.807) is 60.3 Å². The molecule has 3 rings (SSSR count). The first-order valence-electron chi connectivity index (χ1n) is 9.59. The first kappa shape index (κ1) is 23.2. The molecule has 3 aromatic rings. The van der Waals surface area contributed by atoms with Gasteiger partial charge < -0.3 is 5.32 Å². The number of thioether (sulfide) groups is 1. The average Bonchev–Trinajstić information content (AvgIpc) is 2.77. The van der Waals surface area contributed by atoms with Crippen molar-refractivity contribution in [3.8, 4) is 0 Å². The van der Waals surface area contributed by atoms with Crippen LogP contribution in [-0.4, -0.2) is 33.7 Å². The highest BCUT2D eigenvalue weighted by Gasteiger charge is 2.21. The number of hydrogen-bond acceptors (Lipinski definition) is 4. The van der Waals surface area contributed by atoms with Crippen LogP contribution in [0.2, 0.25) is 5.02 Å². The van der Waals surface area contributed by atoms with E-state index in [0.29, 0.717) is 22.8 Å². The molecule has 162 valence electrons. The zero-order chi connectivity index (χ0) is 22.4. The highest BCUT2D eigenvalue weighted by Crippen LogP contribution is 2.23. The molecular formula is C23H23ClN2O3S2. The SMILES string of the molecule is Cc1ccc(S(=O)(=O)N(C)c2ccc(C(=O)NCCSc3ccc(Cl)cc3)cc2)cc1. The number of anilines is 1. The number of benzene rings is 3. The molecule has 0 aliphatic carbocycles. The number of aryl methyl sites for hydroxylation is 1. The smallest absolute Gasteiger partial charge is 0.264 e. The van der Waals surface area contributed by atoms with Gasteiger partial charge in [0.2, 0.25) is 0 Å². The summed E-state index contributed by atoms with van der Waals surface area (Å²) in [6, 6.07) is 20.8. The molecule has 0 fully saturated rings. The van der Waals surface area contributed by atoms with Crippen molar-refractivity contribution in [2.24, 2.45) is 0 Å². The highest BCUT2D eigenvalue weighted by atomic mass is 35.5. The minimum atomic E-state index is -3.67. The maximum atomic E-state index is 12.8. The highest BCUT2D eigenvalue weighted by molar-refractivity contribution is 7.99. The van der Waals surface area contributed by atoms with Gasteiger partial charge in [-0.3, -0.25) is 9.10 Å². The van der Waals surface area contributed by atoms with Crippen molar-refractivity contribution in [2.45, 2.75) is 16.7 Å². The Kier molecular flexibility index (Phi) is 7.64. The quantitative estimate of drug-likeness (QED) is 0.368. The van der Waals surface area contributed by atoms with E-state index >= 15 is 0 Å². The average molecular weight is 475 g/mol. The lowest BCUT2D eigenvalue weighted by atomic mass is 10.2. The molecule has 0 aromatic heterocycles. The second-order valence-electron chi connectivity index (χ2n) is 6.89. The molecule has 0 unspecified atom stereocenters. The summed E-state index contributed by atoms with van der Waals surface area (Å²) >= 11 is 7.50. The predicted molar refractivity (Wildman–Crippen MR) is 128 cm³/mol. The molecule has 3 aromatic carbocycles. The number of carbonyl (C=O) groups excluding carboxylic acids is 1. The fraction of sp³-hybridized carbons (Fsp3) is 0.174. The van der Waals surface area contributed by atoms with Crippen LogP contribution in [0.3, 0.4) is 0 Å². The molecule has 0 aliphatic heterocycles. The molecule has 0 aliphatic rings. The standard InChI is InChI=1S/C23H23ClN2O3S2/c1-17-3-13-22(14-4-17)31(28,29)26(2)20-9-5-18(6-10-20)23(27)25-15-16-30-21-11-7-19(24)8-12-21/h3-14H,15-16H2,1-2H3,(H,25,27). The van der Waals surface area contributed by atoms with Gasteiger partial charge in [0.15, 0.2) is 0 Å². The monoisotopic (exact) mass is 474 g/mol. The maximum absolute atomic E-state index is 12.8. The van der Waals surface area contributed by atoms with Gasteiger partial charge in [-0.05, 0) is 67.6 Å². The topological polar surface area (TPSA) is 66.5 Å². The largest absolute Gasteiger partial charge is 0.351 e. The van der Waals surface area contributed by atoms with Gasteiger partial charge in [-0.1, -0.05) is 29.3 Å². The van der Waals surface area contributed by atoms with Crippen LogP contribution in [0.1, 0.15) is 15.9 Å². The molecule has 5 nitrogen and oxygen atoms in total. The Hall–Kier alpha value is -2.48. The van der Waals surface area contributed by atoms with E-state index in [-0.39, 0.29) is 10.8 Å². The zero-order valence-electron chi connectivity index (χ0n) is 17.2. The lowest BCUT2D eigenvalue weighted by Crippen LogP contribution is -2.27.